The Morgan fingerprint density at radius 1 is 1.06 bits per heavy atom. The van der Waals surface area contributed by atoms with Gasteiger partial charge in [0.15, 0.2) is 0 Å². The molecule has 0 saturated heterocycles. The molecular formula is C16H29N. The van der Waals surface area contributed by atoms with Gasteiger partial charge in [0.05, 0.1) is 0 Å². The summed E-state index contributed by atoms with van der Waals surface area (Å²) in [4.78, 5) is 0. The second kappa shape index (κ2) is 4.57. The molecular weight excluding hydrogens is 206 g/mol. The van der Waals surface area contributed by atoms with E-state index in [0.29, 0.717) is 6.04 Å². The maximum absolute atomic E-state index is 6.68. The molecule has 1 heteroatoms. The summed E-state index contributed by atoms with van der Waals surface area (Å²) >= 11 is 0. The van der Waals surface area contributed by atoms with E-state index in [-0.39, 0.29) is 0 Å². The van der Waals surface area contributed by atoms with Gasteiger partial charge in [0.25, 0.3) is 0 Å². The van der Waals surface area contributed by atoms with Crippen LogP contribution in [0.25, 0.3) is 0 Å². The zero-order valence-electron chi connectivity index (χ0n) is 11.6. The van der Waals surface area contributed by atoms with Gasteiger partial charge in [-0.25, -0.2) is 0 Å². The maximum Gasteiger partial charge on any atom is 0.0101 e. The average molecular weight is 235 g/mol. The summed E-state index contributed by atoms with van der Waals surface area (Å²) in [7, 11) is 0. The molecule has 3 fully saturated rings. The van der Waals surface area contributed by atoms with Crippen molar-refractivity contribution >= 4 is 0 Å². The average Bonchev–Trinajstić information content (AvgIpc) is 3.03. The van der Waals surface area contributed by atoms with Crippen LogP contribution in [0.15, 0.2) is 0 Å². The summed E-state index contributed by atoms with van der Waals surface area (Å²) in [6, 6.07) is 0.525. The van der Waals surface area contributed by atoms with E-state index in [9.17, 15) is 0 Å². The number of hydrogen-bond acceptors (Lipinski definition) is 1. The van der Waals surface area contributed by atoms with Crippen molar-refractivity contribution in [3.63, 3.8) is 0 Å². The van der Waals surface area contributed by atoms with Crippen molar-refractivity contribution in [3.8, 4) is 0 Å². The minimum Gasteiger partial charge on any atom is -0.327 e. The molecule has 3 aliphatic rings. The lowest BCUT2D eigenvalue weighted by atomic mass is 9.72. The predicted molar refractivity (Wildman–Crippen MR) is 72.6 cm³/mol. The van der Waals surface area contributed by atoms with Crippen LogP contribution in [-0.4, -0.2) is 6.04 Å². The monoisotopic (exact) mass is 235 g/mol. The van der Waals surface area contributed by atoms with Crippen LogP contribution >= 0.6 is 0 Å². The van der Waals surface area contributed by atoms with Crippen molar-refractivity contribution in [1.82, 2.24) is 0 Å². The van der Waals surface area contributed by atoms with Gasteiger partial charge in [0.2, 0.25) is 0 Å². The predicted octanol–water partition coefficient (Wildman–Crippen LogP) is 3.82. The fourth-order valence-corrected chi connectivity index (χ4v) is 5.44. The number of nitrogens with two attached hydrogens (primary N) is 1. The zero-order chi connectivity index (χ0) is 12.0. The molecule has 2 bridgehead atoms. The highest BCUT2D eigenvalue weighted by Crippen LogP contribution is 2.54. The second-order valence-electron chi connectivity index (χ2n) is 7.19. The van der Waals surface area contributed by atoms with Gasteiger partial charge >= 0.3 is 0 Å². The highest BCUT2D eigenvalue weighted by Gasteiger charge is 2.49. The van der Waals surface area contributed by atoms with Gasteiger partial charge < -0.3 is 5.73 Å². The molecule has 0 heterocycles. The Morgan fingerprint density at radius 3 is 2.41 bits per heavy atom. The van der Waals surface area contributed by atoms with Crippen LogP contribution < -0.4 is 5.73 Å². The van der Waals surface area contributed by atoms with Crippen LogP contribution in [0.4, 0.5) is 0 Å². The second-order valence-corrected chi connectivity index (χ2v) is 7.19. The van der Waals surface area contributed by atoms with E-state index in [1.54, 1.807) is 0 Å². The molecule has 0 radical (unpaired) electrons. The van der Waals surface area contributed by atoms with Crippen LogP contribution in [0, 0.1) is 35.5 Å². The van der Waals surface area contributed by atoms with E-state index in [2.05, 4.69) is 13.8 Å². The minimum atomic E-state index is 0.525. The molecule has 0 aromatic heterocycles. The van der Waals surface area contributed by atoms with Crippen molar-refractivity contribution < 1.29 is 0 Å². The van der Waals surface area contributed by atoms with Crippen molar-refractivity contribution in [2.75, 3.05) is 0 Å². The zero-order valence-corrected chi connectivity index (χ0v) is 11.6. The summed E-state index contributed by atoms with van der Waals surface area (Å²) in [5.74, 6) is 5.65. The first kappa shape index (κ1) is 12.0. The molecule has 1 nitrogen and oxygen atoms in total. The van der Waals surface area contributed by atoms with Gasteiger partial charge in [-0.3, -0.25) is 0 Å². The molecule has 3 aliphatic carbocycles. The third-order valence-electron chi connectivity index (χ3n) is 6.56. The summed E-state index contributed by atoms with van der Waals surface area (Å²) < 4.78 is 0. The minimum absolute atomic E-state index is 0.525. The molecule has 3 rings (SSSR count). The Labute approximate surface area is 107 Å². The van der Waals surface area contributed by atoms with Gasteiger partial charge in [0.1, 0.15) is 0 Å². The first-order chi connectivity index (χ1) is 8.20. The lowest BCUT2D eigenvalue weighted by Crippen LogP contribution is -2.42. The summed E-state index contributed by atoms with van der Waals surface area (Å²) in [5.41, 5.74) is 6.68. The van der Waals surface area contributed by atoms with E-state index < -0.39 is 0 Å². The van der Waals surface area contributed by atoms with Crippen molar-refractivity contribution in [2.24, 2.45) is 41.2 Å². The molecule has 7 atom stereocenters. The Hall–Kier alpha value is -0.0400. The van der Waals surface area contributed by atoms with Crippen LogP contribution in [0.5, 0.6) is 0 Å². The molecule has 0 aromatic rings. The molecule has 3 saturated carbocycles. The Balaban J connectivity index is 1.64. The highest BCUT2D eigenvalue weighted by molar-refractivity contribution is 5.01. The van der Waals surface area contributed by atoms with Gasteiger partial charge in [-0.1, -0.05) is 26.7 Å². The first-order valence-corrected chi connectivity index (χ1v) is 7.96. The fraction of sp³-hybridized carbons (Fsp3) is 1.00. The van der Waals surface area contributed by atoms with E-state index in [0.717, 1.165) is 35.5 Å². The quantitative estimate of drug-likeness (QED) is 0.790. The Morgan fingerprint density at radius 2 is 1.82 bits per heavy atom. The third kappa shape index (κ3) is 1.95. The smallest absolute Gasteiger partial charge is 0.0101 e. The fourth-order valence-electron chi connectivity index (χ4n) is 5.44. The molecule has 0 aromatic carbocycles. The summed E-state index contributed by atoms with van der Waals surface area (Å²) in [5, 5.41) is 0. The molecule has 0 aliphatic heterocycles. The van der Waals surface area contributed by atoms with Crippen LogP contribution in [0.2, 0.25) is 0 Å². The van der Waals surface area contributed by atoms with E-state index >= 15 is 0 Å². The standard InChI is InChI=1S/C16H29N/c1-3-11-4-5-14(8-11)16(17)15-10(2)12-6-7-13(15)9-12/h10-16H,3-9,17H2,1-2H3/t10-,11+,12?,13?,14-,15-,16+/m0/s1. The molecule has 0 spiro atoms. The molecule has 17 heavy (non-hydrogen) atoms. The van der Waals surface area contributed by atoms with Crippen LogP contribution in [0.1, 0.15) is 58.8 Å². The maximum atomic E-state index is 6.68. The Bertz CT molecular complexity index is 273. The van der Waals surface area contributed by atoms with Gasteiger partial charge in [-0.15, -0.1) is 0 Å². The number of fused-ring (bicyclic) bond motifs is 2. The van der Waals surface area contributed by atoms with Gasteiger partial charge in [-0.2, -0.15) is 0 Å². The SMILES string of the molecule is CC[C@@H]1CC[C@H]([C@@H](N)[C@@H]2C3CCC(C3)[C@@H]2C)C1. The van der Waals surface area contributed by atoms with E-state index in [1.165, 1.54) is 44.9 Å². The number of rotatable bonds is 3. The number of hydrogen-bond donors (Lipinski definition) is 1. The third-order valence-corrected chi connectivity index (χ3v) is 6.56. The largest absolute Gasteiger partial charge is 0.327 e. The van der Waals surface area contributed by atoms with Gasteiger partial charge in [0, 0.05) is 6.04 Å². The Kier molecular flexibility index (Phi) is 3.23. The van der Waals surface area contributed by atoms with E-state index in [1.807, 2.05) is 0 Å². The molecule has 98 valence electrons. The lowest BCUT2D eigenvalue weighted by Gasteiger charge is -2.36. The molecule has 0 amide bonds. The van der Waals surface area contributed by atoms with E-state index in [4.69, 9.17) is 5.73 Å². The molecule has 2 unspecified atom stereocenters. The first-order valence-electron chi connectivity index (χ1n) is 7.96. The lowest BCUT2D eigenvalue weighted by molar-refractivity contribution is 0.164. The normalized spacial score (nSPS) is 51.0. The van der Waals surface area contributed by atoms with Gasteiger partial charge in [-0.05, 0) is 67.6 Å². The van der Waals surface area contributed by atoms with Crippen molar-refractivity contribution in [1.29, 1.82) is 0 Å². The van der Waals surface area contributed by atoms with Crippen LogP contribution in [-0.2, 0) is 0 Å². The van der Waals surface area contributed by atoms with Crippen molar-refractivity contribution in [3.05, 3.63) is 0 Å². The highest BCUT2D eigenvalue weighted by atomic mass is 14.7. The summed E-state index contributed by atoms with van der Waals surface area (Å²) in [6.07, 6.45) is 10.1. The van der Waals surface area contributed by atoms with Crippen molar-refractivity contribution in [2.45, 2.75) is 64.8 Å². The summed E-state index contributed by atoms with van der Waals surface area (Å²) in [6.45, 7) is 4.83. The molecule has 2 N–H and O–H groups in total. The topological polar surface area (TPSA) is 26.0 Å². The van der Waals surface area contributed by atoms with Crippen LogP contribution in [0.3, 0.4) is 0 Å².